The highest BCUT2D eigenvalue weighted by Gasteiger charge is 2.12. The molecule has 4 heteroatoms. The average molecular weight is 333 g/mol. The molecule has 0 bridgehead atoms. The summed E-state index contributed by atoms with van der Waals surface area (Å²) in [5.74, 6) is 0.272. The highest BCUT2D eigenvalue weighted by atomic mass is 16.1. The topological polar surface area (TPSA) is 53.8 Å². The number of hydrogen-bond acceptors (Lipinski definition) is 4. The summed E-state index contributed by atoms with van der Waals surface area (Å²) >= 11 is 0. The van der Waals surface area contributed by atoms with Gasteiger partial charge in [-0.1, -0.05) is 24.1 Å². The number of rotatable bonds is 4. The molecule has 1 saturated carbocycles. The summed E-state index contributed by atoms with van der Waals surface area (Å²) in [6, 6.07) is 15.6. The molecule has 0 radical (unpaired) electrons. The first-order valence-electron chi connectivity index (χ1n) is 8.78. The van der Waals surface area contributed by atoms with Gasteiger partial charge in [0.25, 0.3) is 0 Å². The molecule has 2 aromatic rings. The van der Waals surface area contributed by atoms with Crippen molar-refractivity contribution in [2.75, 3.05) is 5.32 Å². The van der Waals surface area contributed by atoms with Crippen LogP contribution in [0.3, 0.4) is 0 Å². The van der Waals surface area contributed by atoms with Crippen LogP contribution in [0.1, 0.15) is 37.7 Å². The van der Waals surface area contributed by atoms with Crippen molar-refractivity contribution in [2.24, 2.45) is 10.2 Å². The van der Waals surface area contributed by atoms with E-state index in [2.05, 4.69) is 15.5 Å². The third-order valence-corrected chi connectivity index (χ3v) is 4.30. The van der Waals surface area contributed by atoms with Gasteiger partial charge in [-0.05, 0) is 62.6 Å². The lowest BCUT2D eigenvalue weighted by molar-refractivity contribution is -0.115. The van der Waals surface area contributed by atoms with Gasteiger partial charge < -0.3 is 5.32 Å². The van der Waals surface area contributed by atoms with E-state index in [0.29, 0.717) is 6.42 Å². The molecule has 1 aliphatic rings. The number of nitrogens with zero attached hydrogens (tertiary/aromatic N) is 2. The van der Waals surface area contributed by atoms with E-state index in [4.69, 9.17) is 0 Å². The zero-order chi connectivity index (χ0) is 17.5. The van der Waals surface area contributed by atoms with Gasteiger partial charge in [0.05, 0.1) is 11.4 Å². The summed E-state index contributed by atoms with van der Waals surface area (Å²) in [4.78, 5) is 12.0. The lowest BCUT2D eigenvalue weighted by Crippen LogP contribution is -2.02. The van der Waals surface area contributed by atoms with Gasteiger partial charge in [-0.3, -0.25) is 4.79 Å². The smallest absolute Gasteiger partial charge is 0.160 e. The SMILES string of the molecule is Cc1ccc(N=Nc2ccc(NC=C3CCCCCC3=O)cc2)cc1. The maximum absolute atomic E-state index is 12.0. The quantitative estimate of drug-likeness (QED) is 0.409. The zero-order valence-electron chi connectivity index (χ0n) is 14.5. The number of nitrogens with one attached hydrogen (secondary N) is 1. The van der Waals surface area contributed by atoms with E-state index in [1.165, 1.54) is 5.56 Å². The van der Waals surface area contributed by atoms with Crippen LogP contribution in [0.25, 0.3) is 0 Å². The van der Waals surface area contributed by atoms with Gasteiger partial charge in [0.2, 0.25) is 0 Å². The van der Waals surface area contributed by atoms with Gasteiger partial charge in [-0.25, -0.2) is 0 Å². The largest absolute Gasteiger partial charge is 0.361 e. The number of hydrogen-bond donors (Lipinski definition) is 1. The summed E-state index contributed by atoms with van der Waals surface area (Å²) < 4.78 is 0. The molecular weight excluding hydrogens is 310 g/mol. The van der Waals surface area contributed by atoms with Crippen molar-refractivity contribution in [2.45, 2.75) is 39.0 Å². The molecule has 0 spiro atoms. The van der Waals surface area contributed by atoms with Gasteiger partial charge in [0.15, 0.2) is 5.78 Å². The molecule has 0 unspecified atom stereocenters. The van der Waals surface area contributed by atoms with E-state index < -0.39 is 0 Å². The fourth-order valence-corrected chi connectivity index (χ4v) is 2.75. The third-order valence-electron chi connectivity index (χ3n) is 4.30. The average Bonchev–Trinajstić information content (AvgIpc) is 2.84. The fourth-order valence-electron chi connectivity index (χ4n) is 2.75. The second-order valence-corrected chi connectivity index (χ2v) is 6.38. The summed E-state index contributed by atoms with van der Waals surface area (Å²) in [5.41, 5.74) is 4.68. The van der Waals surface area contributed by atoms with E-state index in [1.54, 1.807) is 0 Å². The molecule has 0 heterocycles. The molecule has 1 aliphatic carbocycles. The summed E-state index contributed by atoms with van der Waals surface area (Å²) in [6.45, 7) is 2.05. The molecule has 0 aromatic heterocycles. The van der Waals surface area contributed by atoms with Crippen molar-refractivity contribution >= 4 is 22.8 Å². The highest BCUT2D eigenvalue weighted by molar-refractivity contribution is 5.95. The van der Waals surface area contributed by atoms with Crippen molar-refractivity contribution in [1.29, 1.82) is 0 Å². The summed E-state index contributed by atoms with van der Waals surface area (Å²) in [6.07, 6.45) is 6.65. The van der Waals surface area contributed by atoms with Gasteiger partial charge in [0.1, 0.15) is 0 Å². The van der Waals surface area contributed by atoms with Crippen LogP contribution in [0, 0.1) is 6.92 Å². The molecule has 1 fully saturated rings. The molecule has 128 valence electrons. The Morgan fingerprint density at radius 3 is 2.12 bits per heavy atom. The van der Waals surface area contributed by atoms with E-state index in [-0.39, 0.29) is 5.78 Å². The number of carbonyl (C=O) groups excluding carboxylic acids is 1. The number of aryl methyl sites for hydroxylation is 1. The first kappa shape index (κ1) is 17.1. The minimum Gasteiger partial charge on any atom is -0.361 e. The Morgan fingerprint density at radius 2 is 1.44 bits per heavy atom. The predicted octanol–water partition coefficient (Wildman–Crippen LogP) is 6.24. The summed E-state index contributed by atoms with van der Waals surface area (Å²) in [7, 11) is 0. The minimum absolute atomic E-state index is 0.272. The van der Waals surface area contributed by atoms with Crippen LogP contribution in [0.5, 0.6) is 0 Å². The van der Waals surface area contributed by atoms with Crippen LogP contribution in [0.15, 0.2) is 70.5 Å². The van der Waals surface area contributed by atoms with Gasteiger partial charge in [-0.2, -0.15) is 10.2 Å². The second kappa shape index (κ2) is 8.38. The van der Waals surface area contributed by atoms with E-state index >= 15 is 0 Å². The van der Waals surface area contributed by atoms with Crippen LogP contribution < -0.4 is 5.32 Å². The van der Waals surface area contributed by atoms with Crippen molar-refractivity contribution in [3.05, 3.63) is 65.9 Å². The predicted molar refractivity (Wildman–Crippen MR) is 102 cm³/mol. The summed E-state index contributed by atoms with van der Waals surface area (Å²) in [5, 5.41) is 11.7. The first-order valence-corrected chi connectivity index (χ1v) is 8.78. The van der Waals surface area contributed by atoms with Crippen molar-refractivity contribution < 1.29 is 4.79 Å². The molecule has 3 rings (SSSR count). The Kier molecular flexibility index (Phi) is 5.73. The van der Waals surface area contributed by atoms with Gasteiger partial charge in [0, 0.05) is 23.9 Å². The van der Waals surface area contributed by atoms with Gasteiger partial charge >= 0.3 is 0 Å². The van der Waals surface area contributed by atoms with Gasteiger partial charge in [-0.15, -0.1) is 0 Å². The Morgan fingerprint density at radius 1 is 0.840 bits per heavy atom. The van der Waals surface area contributed by atoms with E-state index in [9.17, 15) is 4.79 Å². The second-order valence-electron chi connectivity index (χ2n) is 6.38. The molecule has 0 aliphatic heterocycles. The third kappa shape index (κ3) is 5.11. The van der Waals surface area contributed by atoms with Crippen molar-refractivity contribution in [3.8, 4) is 0 Å². The number of benzene rings is 2. The molecule has 2 aromatic carbocycles. The number of azo groups is 1. The number of allylic oxidation sites excluding steroid dienone is 1. The minimum atomic E-state index is 0.272. The lowest BCUT2D eigenvalue weighted by Gasteiger charge is -2.05. The Balaban J connectivity index is 1.62. The van der Waals surface area contributed by atoms with Crippen LogP contribution in [-0.2, 0) is 4.79 Å². The van der Waals surface area contributed by atoms with Crippen LogP contribution >= 0.6 is 0 Å². The normalized spacial score (nSPS) is 17.0. The van der Waals surface area contributed by atoms with Crippen LogP contribution in [-0.4, -0.2) is 5.78 Å². The monoisotopic (exact) mass is 333 g/mol. The number of ketones is 1. The van der Waals surface area contributed by atoms with E-state index in [1.807, 2.05) is 61.7 Å². The standard InChI is InChI=1S/C21H23N3O/c1-16-7-9-19(10-8-16)23-24-20-13-11-18(12-14-20)22-15-17-5-3-2-4-6-21(17)25/h7-15,22H,2-6H2,1H3. The van der Waals surface area contributed by atoms with Crippen LogP contribution in [0.2, 0.25) is 0 Å². The lowest BCUT2D eigenvalue weighted by atomic mass is 10.1. The zero-order valence-corrected chi connectivity index (χ0v) is 14.5. The molecule has 0 saturated heterocycles. The Labute approximate surface area is 148 Å². The molecule has 1 N–H and O–H groups in total. The Hall–Kier alpha value is -2.75. The number of carbonyl (C=O) groups is 1. The highest BCUT2D eigenvalue weighted by Crippen LogP contribution is 2.22. The van der Waals surface area contributed by atoms with E-state index in [0.717, 1.165) is 48.3 Å². The van der Waals surface area contributed by atoms with Crippen LogP contribution in [0.4, 0.5) is 17.1 Å². The molecule has 0 amide bonds. The first-order chi connectivity index (χ1) is 12.2. The molecule has 25 heavy (non-hydrogen) atoms. The number of anilines is 1. The molecule has 4 nitrogen and oxygen atoms in total. The maximum atomic E-state index is 12.0. The van der Waals surface area contributed by atoms with Crippen molar-refractivity contribution in [1.82, 2.24) is 0 Å². The maximum Gasteiger partial charge on any atom is 0.160 e. The van der Waals surface area contributed by atoms with Crippen molar-refractivity contribution in [3.63, 3.8) is 0 Å². The molecule has 0 atom stereocenters. The fraction of sp³-hybridized carbons (Fsp3) is 0.286. The number of Topliss-reactive ketones (excluding diaryl/α,β-unsaturated/α-hetero) is 1. The molecular formula is C21H23N3O. The Bertz CT molecular complexity index is 774.